The highest BCUT2D eigenvalue weighted by Gasteiger charge is 2.34. The van der Waals surface area contributed by atoms with Crippen molar-refractivity contribution in [1.82, 2.24) is 4.98 Å². The van der Waals surface area contributed by atoms with Crippen molar-refractivity contribution in [3.05, 3.63) is 52.1 Å². The zero-order valence-electron chi connectivity index (χ0n) is 10.1. The first-order valence-electron chi connectivity index (χ1n) is 5.60. The second-order valence-electron chi connectivity index (χ2n) is 3.92. The maximum atomic E-state index is 13.1. The van der Waals surface area contributed by atoms with Crippen LogP contribution in [0.1, 0.15) is 11.1 Å². The molecule has 0 aliphatic carbocycles. The van der Waals surface area contributed by atoms with Gasteiger partial charge in [-0.15, -0.1) is 0 Å². The first-order valence-corrected chi connectivity index (χ1v) is 7.21. The molecule has 0 aliphatic rings. The van der Waals surface area contributed by atoms with Crippen molar-refractivity contribution < 1.29 is 13.2 Å². The fourth-order valence-corrected chi connectivity index (χ4v) is 2.97. The lowest BCUT2D eigenvalue weighted by Gasteiger charge is -2.14. The van der Waals surface area contributed by atoms with Gasteiger partial charge in [0.05, 0.1) is 10.0 Å². The fourth-order valence-electron chi connectivity index (χ4n) is 1.57. The summed E-state index contributed by atoms with van der Waals surface area (Å²) in [6, 6.07) is 7.54. The van der Waals surface area contributed by atoms with Crippen molar-refractivity contribution in [3.8, 4) is 0 Å². The molecule has 0 fully saturated rings. The number of nitrogens with two attached hydrogens (primary N) is 1. The van der Waals surface area contributed by atoms with Crippen molar-refractivity contribution in [3.63, 3.8) is 0 Å². The highest BCUT2D eigenvalue weighted by atomic mass is 79.9. The molecule has 1 aromatic carbocycles. The third kappa shape index (κ3) is 3.53. The lowest BCUT2D eigenvalue weighted by molar-refractivity contribution is -0.139. The third-order valence-electron chi connectivity index (χ3n) is 2.52. The quantitative estimate of drug-likeness (QED) is 0.875. The highest BCUT2D eigenvalue weighted by Crippen LogP contribution is 2.41. The molecule has 0 unspecified atom stereocenters. The normalized spacial score (nSPS) is 11.7. The van der Waals surface area contributed by atoms with Crippen molar-refractivity contribution >= 4 is 27.7 Å². The molecule has 0 saturated carbocycles. The fraction of sp³-hybridized carbons (Fsp3) is 0.154. The smallest absolute Gasteiger partial charge is 0.326 e. The molecule has 0 saturated heterocycles. The second kappa shape index (κ2) is 6.15. The van der Waals surface area contributed by atoms with E-state index in [1.54, 1.807) is 18.2 Å². The molecule has 0 amide bonds. The second-order valence-corrected chi connectivity index (χ2v) is 5.81. The molecule has 7 heteroatoms. The van der Waals surface area contributed by atoms with Crippen LogP contribution in [0.4, 0.5) is 13.2 Å². The summed E-state index contributed by atoms with van der Waals surface area (Å²) in [5, 5.41) is 0.485. The molecule has 2 aromatic rings. The van der Waals surface area contributed by atoms with E-state index < -0.39 is 11.7 Å². The number of rotatable bonds is 3. The number of alkyl halides is 3. The van der Waals surface area contributed by atoms with E-state index in [4.69, 9.17) is 5.73 Å². The summed E-state index contributed by atoms with van der Waals surface area (Å²) in [5.41, 5.74) is 5.15. The predicted molar refractivity (Wildman–Crippen MR) is 75.4 cm³/mol. The standard InChI is InChI=1S/C13H10BrF3N2S/c14-10-2-1-5-19-12(10)20-11-4-3-8(7-18)6-9(11)13(15,16)17/h1-6H,7,18H2. The lowest BCUT2D eigenvalue weighted by Crippen LogP contribution is -2.09. The minimum Gasteiger partial charge on any atom is -0.326 e. The Morgan fingerprint density at radius 1 is 1.25 bits per heavy atom. The van der Waals surface area contributed by atoms with Crippen LogP contribution in [0.15, 0.2) is 50.9 Å². The average Bonchev–Trinajstić information content (AvgIpc) is 2.40. The number of hydrogen-bond acceptors (Lipinski definition) is 3. The number of aromatic nitrogens is 1. The lowest BCUT2D eigenvalue weighted by atomic mass is 10.1. The zero-order valence-corrected chi connectivity index (χ0v) is 12.5. The molecule has 0 spiro atoms. The number of hydrogen-bond donors (Lipinski definition) is 1. The Morgan fingerprint density at radius 3 is 2.60 bits per heavy atom. The van der Waals surface area contributed by atoms with Gasteiger partial charge >= 0.3 is 6.18 Å². The van der Waals surface area contributed by atoms with Gasteiger partial charge in [-0.05, 0) is 45.8 Å². The predicted octanol–water partition coefficient (Wildman–Crippen LogP) is 4.47. The van der Waals surface area contributed by atoms with Gasteiger partial charge in [0.2, 0.25) is 0 Å². The summed E-state index contributed by atoms with van der Waals surface area (Å²) in [7, 11) is 0. The van der Waals surface area contributed by atoms with Crippen molar-refractivity contribution in [2.24, 2.45) is 5.73 Å². The molecule has 0 atom stereocenters. The van der Waals surface area contributed by atoms with Gasteiger partial charge in [0.15, 0.2) is 0 Å². The number of nitrogens with zero attached hydrogens (tertiary/aromatic N) is 1. The van der Waals surface area contributed by atoms with Crippen LogP contribution >= 0.6 is 27.7 Å². The van der Waals surface area contributed by atoms with Crippen LogP contribution in [0.5, 0.6) is 0 Å². The molecular weight excluding hydrogens is 353 g/mol. The molecule has 2 rings (SSSR count). The molecular formula is C13H10BrF3N2S. The Hall–Kier alpha value is -1.05. The van der Waals surface area contributed by atoms with E-state index in [2.05, 4.69) is 20.9 Å². The van der Waals surface area contributed by atoms with E-state index in [0.717, 1.165) is 17.8 Å². The number of benzene rings is 1. The topological polar surface area (TPSA) is 38.9 Å². The first kappa shape index (κ1) is 15.3. The molecule has 0 radical (unpaired) electrons. The van der Waals surface area contributed by atoms with E-state index in [1.807, 2.05) is 0 Å². The SMILES string of the molecule is NCc1ccc(Sc2ncccc2Br)c(C(F)(F)F)c1. The van der Waals surface area contributed by atoms with Crippen LogP contribution in [0.25, 0.3) is 0 Å². The summed E-state index contributed by atoms with van der Waals surface area (Å²) in [4.78, 5) is 4.17. The van der Waals surface area contributed by atoms with Gasteiger partial charge in [-0.1, -0.05) is 17.8 Å². The van der Waals surface area contributed by atoms with Gasteiger partial charge in [-0.3, -0.25) is 0 Å². The Morgan fingerprint density at radius 2 is 2.00 bits per heavy atom. The number of pyridine rings is 1. The summed E-state index contributed by atoms with van der Waals surface area (Å²) < 4.78 is 39.9. The summed E-state index contributed by atoms with van der Waals surface area (Å²) >= 11 is 4.24. The van der Waals surface area contributed by atoms with Crippen LogP contribution in [-0.2, 0) is 12.7 Å². The summed E-state index contributed by atoms with van der Waals surface area (Å²) in [5.74, 6) is 0. The average molecular weight is 363 g/mol. The third-order valence-corrected chi connectivity index (χ3v) is 4.51. The van der Waals surface area contributed by atoms with Crippen LogP contribution in [-0.4, -0.2) is 4.98 Å². The summed E-state index contributed by atoms with van der Waals surface area (Å²) in [6.07, 6.45) is -2.89. The summed E-state index contributed by atoms with van der Waals surface area (Å²) in [6.45, 7) is 0.0707. The Balaban J connectivity index is 2.44. The largest absolute Gasteiger partial charge is 0.417 e. The minimum atomic E-state index is -4.42. The molecule has 106 valence electrons. The van der Waals surface area contributed by atoms with E-state index >= 15 is 0 Å². The molecule has 1 aromatic heterocycles. The molecule has 0 bridgehead atoms. The molecule has 2 N–H and O–H groups in total. The molecule has 20 heavy (non-hydrogen) atoms. The molecule has 2 nitrogen and oxygen atoms in total. The zero-order chi connectivity index (χ0) is 14.8. The van der Waals surface area contributed by atoms with Gasteiger partial charge in [0, 0.05) is 17.6 Å². The van der Waals surface area contributed by atoms with Crippen LogP contribution in [0, 0.1) is 0 Å². The number of halogens is 4. The molecule has 1 heterocycles. The van der Waals surface area contributed by atoms with Gasteiger partial charge < -0.3 is 5.73 Å². The highest BCUT2D eigenvalue weighted by molar-refractivity contribution is 9.10. The Labute approximate surface area is 126 Å². The van der Waals surface area contributed by atoms with Crippen molar-refractivity contribution in [2.75, 3.05) is 0 Å². The van der Waals surface area contributed by atoms with Crippen LogP contribution in [0.2, 0.25) is 0 Å². The minimum absolute atomic E-state index is 0.0707. The van der Waals surface area contributed by atoms with Crippen LogP contribution < -0.4 is 5.73 Å². The Bertz CT molecular complexity index is 617. The van der Waals surface area contributed by atoms with Crippen LogP contribution in [0.3, 0.4) is 0 Å². The van der Waals surface area contributed by atoms with Gasteiger partial charge in [0.1, 0.15) is 5.03 Å². The van der Waals surface area contributed by atoms with E-state index in [-0.39, 0.29) is 11.4 Å². The maximum Gasteiger partial charge on any atom is 0.417 e. The van der Waals surface area contributed by atoms with Crippen molar-refractivity contribution in [2.45, 2.75) is 22.6 Å². The first-order chi connectivity index (χ1) is 9.41. The monoisotopic (exact) mass is 362 g/mol. The van der Waals surface area contributed by atoms with Crippen molar-refractivity contribution in [1.29, 1.82) is 0 Å². The van der Waals surface area contributed by atoms with E-state index in [9.17, 15) is 13.2 Å². The van der Waals surface area contributed by atoms with E-state index in [0.29, 0.717) is 15.1 Å². The maximum absolute atomic E-state index is 13.1. The van der Waals surface area contributed by atoms with Gasteiger partial charge in [0.25, 0.3) is 0 Å². The molecule has 0 aliphatic heterocycles. The van der Waals surface area contributed by atoms with Gasteiger partial charge in [-0.25, -0.2) is 4.98 Å². The van der Waals surface area contributed by atoms with Gasteiger partial charge in [-0.2, -0.15) is 13.2 Å². The van der Waals surface area contributed by atoms with E-state index in [1.165, 1.54) is 12.3 Å². The Kier molecular flexibility index (Phi) is 4.72.